The van der Waals surface area contributed by atoms with Crippen molar-refractivity contribution < 1.29 is 44.1 Å². The molecule has 5 saturated heterocycles. The maximum Gasteiger partial charge on any atom is 0.0932 e. The zero-order valence-corrected chi connectivity index (χ0v) is 35.4. The molecule has 14 heteroatoms. The fourth-order valence-electron chi connectivity index (χ4n) is 6.75. The Morgan fingerprint density at radius 1 is 0.415 bits per heavy atom. The van der Waals surface area contributed by atoms with Gasteiger partial charge in [0.1, 0.15) is 0 Å². The topological polar surface area (TPSA) is 143 Å². The van der Waals surface area contributed by atoms with Crippen LogP contribution in [0.3, 0.4) is 0 Å². The number of aliphatic hydroxyl groups is 4. The number of ether oxygens (including phenoxy) is 5. The van der Waals surface area contributed by atoms with Crippen molar-refractivity contribution in [2.45, 2.75) is 124 Å². The molecule has 0 aromatic carbocycles. The van der Waals surface area contributed by atoms with E-state index >= 15 is 0 Å². The predicted molar refractivity (Wildman–Crippen MR) is 212 cm³/mol. The molecule has 0 radical (unpaired) electrons. The van der Waals surface area contributed by atoms with E-state index in [0.29, 0.717) is 43.4 Å². The second kappa shape index (κ2) is 29.6. The maximum atomic E-state index is 8.99. The first kappa shape index (κ1) is 50.5. The molecule has 0 spiro atoms. The lowest BCUT2D eigenvalue weighted by Gasteiger charge is -2.37. The van der Waals surface area contributed by atoms with Crippen LogP contribution in [0.4, 0.5) is 0 Å². The molecule has 5 fully saturated rings. The molecule has 14 nitrogen and oxygen atoms in total. The van der Waals surface area contributed by atoms with Gasteiger partial charge in [0.25, 0.3) is 0 Å². The molecule has 0 saturated carbocycles. The lowest BCUT2D eigenvalue weighted by Crippen LogP contribution is -2.50. The van der Waals surface area contributed by atoms with Crippen LogP contribution in [0.2, 0.25) is 0 Å². The van der Waals surface area contributed by atoms with Gasteiger partial charge in [0.15, 0.2) is 0 Å². The molecule has 5 aliphatic rings. The van der Waals surface area contributed by atoms with Crippen molar-refractivity contribution >= 4 is 0 Å². The summed E-state index contributed by atoms with van der Waals surface area (Å²) in [6.45, 7) is 36.5. The minimum atomic E-state index is 0.0335. The highest BCUT2D eigenvalue weighted by Gasteiger charge is 2.25. The number of aliphatic hydroxyl groups excluding tert-OH is 4. The van der Waals surface area contributed by atoms with Gasteiger partial charge in [-0.15, -0.1) is 0 Å². The van der Waals surface area contributed by atoms with Crippen molar-refractivity contribution in [3.63, 3.8) is 0 Å². The molecular formula is C39H83N5O9. The fourth-order valence-corrected chi connectivity index (χ4v) is 6.75. The van der Waals surface area contributed by atoms with Gasteiger partial charge in [-0.25, -0.2) is 0 Å². The van der Waals surface area contributed by atoms with Crippen LogP contribution in [0, 0.1) is 0 Å². The number of hydrogen-bond acceptors (Lipinski definition) is 14. The average Bonchev–Trinajstić information content (AvgIpc) is 3.19. The monoisotopic (exact) mass is 766 g/mol. The molecule has 53 heavy (non-hydrogen) atoms. The Kier molecular flexibility index (Phi) is 28.2. The highest BCUT2D eigenvalue weighted by molar-refractivity contribution is 4.78. The quantitative estimate of drug-likeness (QED) is 0.266. The largest absolute Gasteiger partial charge is 0.395 e. The zero-order valence-electron chi connectivity index (χ0n) is 35.4. The van der Waals surface area contributed by atoms with Gasteiger partial charge >= 0.3 is 0 Å². The summed E-state index contributed by atoms with van der Waals surface area (Å²) in [6, 6.07) is 3.26. The van der Waals surface area contributed by atoms with Crippen molar-refractivity contribution in [2.75, 3.05) is 132 Å². The van der Waals surface area contributed by atoms with E-state index in [4.69, 9.17) is 44.1 Å². The summed E-state index contributed by atoms with van der Waals surface area (Å²) < 4.78 is 26.3. The third kappa shape index (κ3) is 21.0. The van der Waals surface area contributed by atoms with E-state index < -0.39 is 0 Å². The van der Waals surface area contributed by atoms with Crippen molar-refractivity contribution in [1.82, 2.24) is 24.5 Å². The smallest absolute Gasteiger partial charge is 0.0932 e. The molecule has 4 atom stereocenters. The number of nitrogens with zero attached hydrogens (tertiary/aromatic N) is 5. The van der Waals surface area contributed by atoms with Gasteiger partial charge in [-0.3, -0.25) is 24.5 Å². The Balaban J connectivity index is 0.000000332. The van der Waals surface area contributed by atoms with E-state index in [1.165, 1.54) is 0 Å². The Labute approximate surface area is 323 Å². The van der Waals surface area contributed by atoms with Crippen molar-refractivity contribution in [2.24, 2.45) is 0 Å². The molecule has 5 aliphatic heterocycles. The summed E-state index contributed by atoms with van der Waals surface area (Å²) in [5.74, 6) is 0. The number of morpholine rings is 5. The van der Waals surface area contributed by atoms with Gasteiger partial charge in [0.05, 0.1) is 104 Å². The third-order valence-electron chi connectivity index (χ3n) is 10.3. The van der Waals surface area contributed by atoms with E-state index in [0.717, 1.165) is 92.0 Å². The van der Waals surface area contributed by atoms with Gasteiger partial charge in [-0.1, -0.05) is 0 Å². The molecule has 0 bridgehead atoms. The van der Waals surface area contributed by atoms with Crippen LogP contribution in [-0.2, 0) is 23.7 Å². The Hall–Kier alpha value is -0.560. The predicted octanol–water partition coefficient (Wildman–Crippen LogP) is 1.08. The second-order valence-corrected chi connectivity index (χ2v) is 15.8. The van der Waals surface area contributed by atoms with Gasteiger partial charge in [0, 0.05) is 82.6 Å². The summed E-state index contributed by atoms with van der Waals surface area (Å²) in [5, 5.41) is 35.7. The summed E-state index contributed by atoms with van der Waals surface area (Å²) in [6.07, 6.45) is 0.0669. The molecule has 5 rings (SSSR count). The summed E-state index contributed by atoms with van der Waals surface area (Å²) in [5.41, 5.74) is 0. The van der Waals surface area contributed by atoms with Gasteiger partial charge in [0.2, 0.25) is 0 Å². The van der Waals surface area contributed by atoms with Crippen LogP contribution in [0.1, 0.15) is 69.2 Å². The first-order valence-corrected chi connectivity index (χ1v) is 20.4. The summed E-state index contributed by atoms with van der Waals surface area (Å²) in [7, 11) is 0. The highest BCUT2D eigenvalue weighted by atomic mass is 16.5. The molecule has 0 aliphatic carbocycles. The first-order valence-electron chi connectivity index (χ1n) is 20.4. The molecule has 0 amide bonds. The number of hydrogen-bond donors (Lipinski definition) is 4. The lowest BCUT2D eigenvalue weighted by molar-refractivity contribution is -0.0608. The molecule has 0 unspecified atom stereocenters. The summed E-state index contributed by atoms with van der Waals surface area (Å²) >= 11 is 0. The SMILES string of the molecule is CC(C)N1CCOCC1.CC(C)N1CCOC[C@@H]1CO.CC(C)N1CCOC[C@H]1CO.CC(C)N1CCO[C@@H](CO)C1.CC(C)N1CCO[C@H](CO)C1. The van der Waals surface area contributed by atoms with E-state index in [-0.39, 0.29) is 50.7 Å². The number of rotatable bonds is 9. The van der Waals surface area contributed by atoms with Gasteiger partial charge in [-0.2, -0.15) is 0 Å². The third-order valence-corrected chi connectivity index (χ3v) is 10.3. The molecule has 0 aromatic rings. The van der Waals surface area contributed by atoms with E-state index in [2.05, 4.69) is 93.7 Å². The van der Waals surface area contributed by atoms with E-state index in [1.807, 2.05) is 0 Å². The molecule has 0 aromatic heterocycles. The standard InChI is InChI=1S/4C8H17NO2.C7H15NO/c2*1-7(2)9-3-4-11-6-8(9)5-10;2*1-7(2)9-3-4-11-8(5-9)6-10;1-7(2)8-3-5-9-6-4-8/h4*7-8,10H,3-6H2,1-2H3;7H,3-6H2,1-2H3/t4*8-;/m1010./s1. The van der Waals surface area contributed by atoms with E-state index in [9.17, 15) is 0 Å². The Bertz CT molecular complexity index is 798. The van der Waals surface area contributed by atoms with Crippen LogP contribution in [0.25, 0.3) is 0 Å². The fraction of sp³-hybridized carbons (Fsp3) is 1.00. The van der Waals surface area contributed by atoms with E-state index in [1.54, 1.807) is 0 Å². The Morgan fingerprint density at radius 2 is 0.755 bits per heavy atom. The van der Waals surface area contributed by atoms with Crippen LogP contribution < -0.4 is 0 Å². The minimum Gasteiger partial charge on any atom is -0.395 e. The molecule has 318 valence electrons. The van der Waals surface area contributed by atoms with Crippen LogP contribution in [-0.4, -0.2) is 231 Å². The minimum absolute atomic E-state index is 0.0335. The van der Waals surface area contributed by atoms with Crippen molar-refractivity contribution in [1.29, 1.82) is 0 Å². The van der Waals surface area contributed by atoms with Crippen LogP contribution in [0.5, 0.6) is 0 Å². The average molecular weight is 766 g/mol. The lowest BCUT2D eigenvalue weighted by atomic mass is 10.2. The first-order chi connectivity index (χ1) is 25.3. The van der Waals surface area contributed by atoms with Crippen molar-refractivity contribution in [3.8, 4) is 0 Å². The summed E-state index contributed by atoms with van der Waals surface area (Å²) in [4.78, 5) is 11.6. The second-order valence-electron chi connectivity index (χ2n) is 15.8. The van der Waals surface area contributed by atoms with Gasteiger partial charge in [-0.05, 0) is 69.2 Å². The molecule has 5 heterocycles. The van der Waals surface area contributed by atoms with Crippen molar-refractivity contribution in [3.05, 3.63) is 0 Å². The Morgan fingerprint density at radius 3 is 1.02 bits per heavy atom. The molecular weight excluding hydrogens is 682 g/mol. The molecule has 4 N–H and O–H groups in total. The van der Waals surface area contributed by atoms with Gasteiger partial charge < -0.3 is 44.1 Å². The highest BCUT2D eigenvalue weighted by Crippen LogP contribution is 2.12. The van der Waals surface area contributed by atoms with Crippen LogP contribution >= 0.6 is 0 Å². The zero-order chi connectivity index (χ0) is 39.8. The maximum absolute atomic E-state index is 8.99. The van der Waals surface area contributed by atoms with Crippen LogP contribution in [0.15, 0.2) is 0 Å². The normalized spacial score (nSPS) is 27.0.